The Labute approximate surface area is 114 Å². The summed E-state index contributed by atoms with van der Waals surface area (Å²) in [6.07, 6.45) is 1.02. The molecule has 0 saturated heterocycles. The summed E-state index contributed by atoms with van der Waals surface area (Å²) in [6.45, 7) is 6.24. The first kappa shape index (κ1) is 12.6. The third-order valence-corrected chi connectivity index (χ3v) is 3.98. The van der Waals surface area contributed by atoms with Gasteiger partial charge in [0, 0.05) is 36.6 Å². The number of fused-ring (bicyclic) bond motifs is 2. The molecule has 0 bridgehead atoms. The van der Waals surface area contributed by atoms with E-state index in [2.05, 4.69) is 44.0 Å². The number of nitrogens with two attached hydrogens (primary N) is 1. The first-order valence-corrected chi connectivity index (χ1v) is 6.92. The molecule has 0 spiro atoms. The molecule has 0 aliphatic carbocycles. The van der Waals surface area contributed by atoms with E-state index in [0.717, 1.165) is 25.0 Å². The molecule has 1 atom stereocenters. The quantitative estimate of drug-likeness (QED) is 0.851. The Hall–Kier alpha value is -1.45. The van der Waals surface area contributed by atoms with Gasteiger partial charge in [-0.25, -0.2) is 0 Å². The number of likely N-dealkylation sites (N-methyl/N-ethyl adjacent to an activating group) is 1. The van der Waals surface area contributed by atoms with Gasteiger partial charge in [-0.2, -0.15) is 0 Å². The normalized spacial score (nSPS) is 17.5. The van der Waals surface area contributed by atoms with Gasteiger partial charge in [0.1, 0.15) is 0 Å². The minimum absolute atomic E-state index is 0.0487. The minimum Gasteiger partial charge on any atom is -0.324 e. The highest BCUT2D eigenvalue weighted by molar-refractivity contribution is 5.85. The maximum Gasteiger partial charge on any atom is 0.0709 e. The molecule has 0 saturated carbocycles. The van der Waals surface area contributed by atoms with E-state index < -0.39 is 0 Å². The largest absolute Gasteiger partial charge is 0.324 e. The molecule has 2 aromatic rings. The van der Waals surface area contributed by atoms with E-state index in [-0.39, 0.29) is 6.04 Å². The van der Waals surface area contributed by atoms with E-state index in [4.69, 9.17) is 10.7 Å². The fourth-order valence-electron chi connectivity index (χ4n) is 3.04. The molecular weight excluding hydrogens is 234 g/mol. The van der Waals surface area contributed by atoms with Gasteiger partial charge >= 0.3 is 0 Å². The van der Waals surface area contributed by atoms with Crippen molar-refractivity contribution >= 4 is 10.9 Å². The molecule has 1 aromatic heterocycles. The van der Waals surface area contributed by atoms with Crippen LogP contribution in [-0.2, 0) is 13.0 Å². The fourth-order valence-corrected chi connectivity index (χ4v) is 3.04. The Morgan fingerprint density at radius 3 is 2.89 bits per heavy atom. The van der Waals surface area contributed by atoms with Crippen LogP contribution < -0.4 is 5.73 Å². The summed E-state index contributed by atoms with van der Waals surface area (Å²) in [4.78, 5) is 7.20. The Bertz CT molecular complexity index is 631. The Morgan fingerprint density at radius 1 is 1.37 bits per heavy atom. The highest BCUT2D eigenvalue weighted by Gasteiger charge is 2.22. The third kappa shape index (κ3) is 2.13. The molecule has 2 N–H and O–H groups in total. The number of rotatable bonds is 1. The summed E-state index contributed by atoms with van der Waals surface area (Å²) < 4.78 is 0. The Morgan fingerprint density at radius 2 is 2.16 bits per heavy atom. The van der Waals surface area contributed by atoms with Crippen LogP contribution in [0.5, 0.6) is 0 Å². The van der Waals surface area contributed by atoms with E-state index in [0.29, 0.717) is 0 Å². The van der Waals surface area contributed by atoms with Crippen molar-refractivity contribution in [3.05, 3.63) is 40.6 Å². The minimum atomic E-state index is 0.0487. The van der Waals surface area contributed by atoms with Gasteiger partial charge in [-0.1, -0.05) is 11.6 Å². The van der Waals surface area contributed by atoms with E-state index >= 15 is 0 Å². The van der Waals surface area contributed by atoms with Crippen LogP contribution in [0.25, 0.3) is 10.9 Å². The SMILES string of the molecule is Cc1ccc2nc3c(c(C(C)N)c2c1)CN(C)CC3. The van der Waals surface area contributed by atoms with Crippen LogP contribution in [0, 0.1) is 6.92 Å². The van der Waals surface area contributed by atoms with Crippen LogP contribution in [0.4, 0.5) is 0 Å². The lowest BCUT2D eigenvalue weighted by Gasteiger charge is -2.28. The number of hydrogen-bond donors (Lipinski definition) is 1. The molecule has 1 aromatic carbocycles. The summed E-state index contributed by atoms with van der Waals surface area (Å²) in [7, 11) is 2.16. The van der Waals surface area contributed by atoms with Crippen molar-refractivity contribution in [2.75, 3.05) is 13.6 Å². The maximum atomic E-state index is 6.25. The zero-order valence-electron chi connectivity index (χ0n) is 11.9. The van der Waals surface area contributed by atoms with Gasteiger partial charge in [0.2, 0.25) is 0 Å². The van der Waals surface area contributed by atoms with Gasteiger partial charge in [0.15, 0.2) is 0 Å². The molecule has 0 fully saturated rings. The van der Waals surface area contributed by atoms with Crippen LogP contribution in [0.2, 0.25) is 0 Å². The summed E-state index contributed by atoms with van der Waals surface area (Å²) in [5.41, 5.74) is 12.5. The Kier molecular flexibility index (Phi) is 3.03. The van der Waals surface area contributed by atoms with E-state index in [1.54, 1.807) is 0 Å². The molecule has 0 amide bonds. The topological polar surface area (TPSA) is 42.1 Å². The second-order valence-corrected chi connectivity index (χ2v) is 5.75. The zero-order valence-corrected chi connectivity index (χ0v) is 11.9. The molecule has 0 radical (unpaired) electrons. The summed E-state index contributed by atoms with van der Waals surface area (Å²) in [6, 6.07) is 6.51. The number of aryl methyl sites for hydroxylation is 1. The van der Waals surface area contributed by atoms with Crippen LogP contribution in [0.3, 0.4) is 0 Å². The van der Waals surface area contributed by atoms with E-state index in [9.17, 15) is 0 Å². The third-order valence-electron chi connectivity index (χ3n) is 3.98. The average Bonchev–Trinajstić information content (AvgIpc) is 2.35. The zero-order chi connectivity index (χ0) is 13.6. The van der Waals surface area contributed by atoms with Crippen molar-refractivity contribution in [2.24, 2.45) is 5.73 Å². The predicted molar refractivity (Wildman–Crippen MR) is 79.1 cm³/mol. The van der Waals surface area contributed by atoms with Crippen molar-refractivity contribution < 1.29 is 0 Å². The smallest absolute Gasteiger partial charge is 0.0709 e. The number of hydrogen-bond acceptors (Lipinski definition) is 3. The molecule has 3 rings (SSSR count). The first-order chi connectivity index (χ1) is 9.06. The highest BCUT2D eigenvalue weighted by Crippen LogP contribution is 2.31. The molecule has 3 heteroatoms. The highest BCUT2D eigenvalue weighted by atomic mass is 15.1. The van der Waals surface area contributed by atoms with Gasteiger partial charge in [0.05, 0.1) is 5.52 Å². The molecule has 1 aliphatic rings. The first-order valence-electron chi connectivity index (χ1n) is 6.92. The van der Waals surface area contributed by atoms with Crippen molar-refractivity contribution in [1.82, 2.24) is 9.88 Å². The van der Waals surface area contributed by atoms with Crippen LogP contribution in [0.15, 0.2) is 18.2 Å². The lowest BCUT2D eigenvalue weighted by atomic mass is 9.92. The molecule has 1 aliphatic heterocycles. The molecule has 2 heterocycles. The van der Waals surface area contributed by atoms with Crippen LogP contribution in [-0.4, -0.2) is 23.5 Å². The fraction of sp³-hybridized carbons (Fsp3) is 0.438. The summed E-state index contributed by atoms with van der Waals surface area (Å²) in [5.74, 6) is 0. The average molecular weight is 255 g/mol. The maximum absolute atomic E-state index is 6.25. The number of aromatic nitrogens is 1. The van der Waals surface area contributed by atoms with Crippen molar-refractivity contribution in [1.29, 1.82) is 0 Å². The second kappa shape index (κ2) is 4.58. The van der Waals surface area contributed by atoms with E-state index in [1.165, 1.54) is 27.8 Å². The molecule has 1 unspecified atom stereocenters. The van der Waals surface area contributed by atoms with Gasteiger partial charge in [0.25, 0.3) is 0 Å². The monoisotopic (exact) mass is 255 g/mol. The molecule has 100 valence electrons. The van der Waals surface area contributed by atoms with Crippen molar-refractivity contribution in [3.8, 4) is 0 Å². The van der Waals surface area contributed by atoms with Crippen LogP contribution >= 0.6 is 0 Å². The number of pyridine rings is 1. The number of nitrogens with zero attached hydrogens (tertiary/aromatic N) is 2. The van der Waals surface area contributed by atoms with Gasteiger partial charge in [-0.05, 0) is 44.2 Å². The van der Waals surface area contributed by atoms with Crippen LogP contribution in [0.1, 0.15) is 35.3 Å². The standard InChI is InChI=1S/C16H21N3/c1-10-4-5-14-12(8-10)16(11(2)17)13-9-19(3)7-6-15(13)18-14/h4-5,8,11H,6-7,9,17H2,1-3H3. The van der Waals surface area contributed by atoms with E-state index in [1.807, 2.05) is 0 Å². The predicted octanol–water partition coefficient (Wildman–Crippen LogP) is 2.55. The summed E-state index contributed by atoms with van der Waals surface area (Å²) >= 11 is 0. The lowest BCUT2D eigenvalue weighted by Crippen LogP contribution is -2.29. The molecular formula is C16H21N3. The van der Waals surface area contributed by atoms with Gasteiger partial charge < -0.3 is 10.6 Å². The lowest BCUT2D eigenvalue weighted by molar-refractivity contribution is 0.308. The van der Waals surface area contributed by atoms with Crippen molar-refractivity contribution in [3.63, 3.8) is 0 Å². The van der Waals surface area contributed by atoms with Gasteiger partial charge in [-0.3, -0.25) is 4.98 Å². The number of benzene rings is 1. The summed E-state index contributed by atoms with van der Waals surface area (Å²) in [5, 5.41) is 1.23. The molecule has 19 heavy (non-hydrogen) atoms. The van der Waals surface area contributed by atoms with Gasteiger partial charge in [-0.15, -0.1) is 0 Å². The molecule has 3 nitrogen and oxygen atoms in total. The Balaban J connectivity index is 2.34. The second-order valence-electron chi connectivity index (χ2n) is 5.75. The van der Waals surface area contributed by atoms with Crippen molar-refractivity contribution in [2.45, 2.75) is 32.9 Å².